The van der Waals surface area contributed by atoms with E-state index in [9.17, 15) is 4.79 Å². The zero-order chi connectivity index (χ0) is 20.1. The van der Waals surface area contributed by atoms with Crippen LogP contribution in [0.3, 0.4) is 0 Å². The van der Waals surface area contributed by atoms with Crippen LogP contribution >= 0.6 is 11.3 Å². The maximum absolute atomic E-state index is 12.7. The van der Waals surface area contributed by atoms with Gasteiger partial charge in [-0.1, -0.05) is 6.07 Å². The Bertz CT molecular complexity index is 1000. The van der Waals surface area contributed by atoms with Crippen molar-refractivity contribution in [3.05, 3.63) is 65.3 Å². The number of rotatable bonds is 5. The number of nitrogens with one attached hydrogen (secondary N) is 1. The van der Waals surface area contributed by atoms with Crippen LogP contribution in [0.25, 0.3) is 6.08 Å². The number of carbonyl (C=O) groups excluding carboxylic acids is 1. The standard InChI is InChI=1S/C21H22N6OS/c1-15-14-29-21(25-15)26-20-19(23-9-10-24-20)17-5-3-11-27(13-17)18(28)7-6-16-4-2-8-22-12-16/h2,4,6-10,12,14,17H,3,5,11,13H2,1H3,(H,24,25,26). The van der Waals surface area contributed by atoms with E-state index in [-0.39, 0.29) is 11.8 Å². The van der Waals surface area contributed by atoms with Crippen LogP contribution in [-0.2, 0) is 4.79 Å². The molecule has 1 fully saturated rings. The molecule has 1 N–H and O–H groups in total. The summed E-state index contributed by atoms with van der Waals surface area (Å²) in [7, 11) is 0. The first kappa shape index (κ1) is 19.2. The van der Waals surface area contributed by atoms with Gasteiger partial charge in [0.2, 0.25) is 5.91 Å². The van der Waals surface area contributed by atoms with Gasteiger partial charge in [-0.25, -0.2) is 9.97 Å². The molecule has 4 heterocycles. The largest absolute Gasteiger partial charge is 0.338 e. The molecule has 1 unspecified atom stereocenters. The first-order chi connectivity index (χ1) is 14.2. The topological polar surface area (TPSA) is 83.9 Å². The Morgan fingerprint density at radius 2 is 2.21 bits per heavy atom. The van der Waals surface area contributed by atoms with Crippen molar-refractivity contribution in [3.8, 4) is 0 Å². The van der Waals surface area contributed by atoms with Gasteiger partial charge in [0.25, 0.3) is 0 Å². The highest BCUT2D eigenvalue weighted by Crippen LogP contribution is 2.31. The Morgan fingerprint density at radius 1 is 1.31 bits per heavy atom. The minimum atomic E-state index is 0.00695. The van der Waals surface area contributed by atoms with Crippen LogP contribution in [0.15, 0.2) is 48.4 Å². The first-order valence-electron chi connectivity index (χ1n) is 9.56. The lowest BCUT2D eigenvalue weighted by Crippen LogP contribution is -2.38. The van der Waals surface area contributed by atoms with E-state index in [1.807, 2.05) is 29.3 Å². The second kappa shape index (κ2) is 8.91. The van der Waals surface area contributed by atoms with E-state index >= 15 is 0 Å². The average molecular weight is 407 g/mol. The molecule has 1 aliphatic rings. The van der Waals surface area contributed by atoms with Gasteiger partial charge in [0.15, 0.2) is 10.9 Å². The van der Waals surface area contributed by atoms with Crippen molar-refractivity contribution in [2.75, 3.05) is 18.4 Å². The second-order valence-electron chi connectivity index (χ2n) is 6.95. The van der Waals surface area contributed by atoms with Gasteiger partial charge in [0.1, 0.15) is 0 Å². The summed E-state index contributed by atoms with van der Waals surface area (Å²) in [6.07, 6.45) is 12.2. The first-order valence-corrected chi connectivity index (χ1v) is 10.4. The normalized spacial score (nSPS) is 16.9. The molecule has 1 atom stereocenters. The predicted molar refractivity (Wildman–Crippen MR) is 114 cm³/mol. The smallest absolute Gasteiger partial charge is 0.246 e. The van der Waals surface area contributed by atoms with Crippen molar-refractivity contribution in [2.24, 2.45) is 0 Å². The number of nitrogens with zero attached hydrogens (tertiary/aromatic N) is 5. The molecule has 29 heavy (non-hydrogen) atoms. The third-order valence-electron chi connectivity index (χ3n) is 4.79. The Kier molecular flexibility index (Phi) is 5.90. The van der Waals surface area contributed by atoms with Crippen LogP contribution < -0.4 is 5.32 Å². The molecule has 0 bridgehead atoms. The lowest BCUT2D eigenvalue weighted by molar-refractivity contribution is -0.127. The minimum absolute atomic E-state index is 0.00695. The maximum atomic E-state index is 12.7. The highest BCUT2D eigenvalue weighted by Gasteiger charge is 2.27. The molecule has 0 spiro atoms. The average Bonchev–Trinajstić information content (AvgIpc) is 3.18. The third-order valence-corrected chi connectivity index (χ3v) is 5.67. The third kappa shape index (κ3) is 4.83. The Balaban J connectivity index is 1.47. The molecule has 3 aromatic rings. The van der Waals surface area contributed by atoms with Gasteiger partial charge in [-0.05, 0) is 37.5 Å². The molecule has 8 heteroatoms. The van der Waals surface area contributed by atoms with Gasteiger partial charge in [-0.15, -0.1) is 11.3 Å². The molecular formula is C21H22N6OS. The molecule has 0 aromatic carbocycles. The number of anilines is 2. The lowest BCUT2D eigenvalue weighted by Gasteiger charge is -2.32. The van der Waals surface area contributed by atoms with Crippen molar-refractivity contribution in [1.29, 1.82) is 0 Å². The van der Waals surface area contributed by atoms with Gasteiger partial charge in [0.05, 0.1) is 11.4 Å². The summed E-state index contributed by atoms with van der Waals surface area (Å²) in [6, 6.07) is 3.78. The predicted octanol–water partition coefficient (Wildman–Crippen LogP) is 3.80. The summed E-state index contributed by atoms with van der Waals surface area (Å²) in [5.74, 6) is 0.858. The van der Waals surface area contributed by atoms with Crippen molar-refractivity contribution >= 4 is 34.3 Å². The molecule has 7 nitrogen and oxygen atoms in total. The number of aromatic nitrogens is 4. The van der Waals surface area contributed by atoms with Gasteiger partial charge in [-0.2, -0.15) is 0 Å². The van der Waals surface area contributed by atoms with Crippen LogP contribution in [0.2, 0.25) is 0 Å². The summed E-state index contributed by atoms with van der Waals surface area (Å²) in [5, 5.41) is 6.08. The molecule has 0 radical (unpaired) electrons. The number of carbonyl (C=O) groups is 1. The Hall–Kier alpha value is -3.13. The number of pyridine rings is 1. The SMILES string of the molecule is Cc1csc(Nc2nccnc2C2CCCN(C(=O)C=Cc3cccnc3)C2)n1. The van der Waals surface area contributed by atoms with E-state index in [4.69, 9.17) is 0 Å². The van der Waals surface area contributed by atoms with Crippen LogP contribution in [-0.4, -0.2) is 43.8 Å². The van der Waals surface area contributed by atoms with E-state index in [1.54, 1.807) is 48.3 Å². The molecule has 3 aromatic heterocycles. The van der Waals surface area contributed by atoms with E-state index < -0.39 is 0 Å². The molecule has 1 saturated heterocycles. The molecule has 4 rings (SSSR count). The van der Waals surface area contributed by atoms with Crippen molar-refractivity contribution in [2.45, 2.75) is 25.7 Å². The fourth-order valence-electron chi connectivity index (χ4n) is 3.40. The molecule has 1 amide bonds. The highest BCUT2D eigenvalue weighted by molar-refractivity contribution is 7.13. The maximum Gasteiger partial charge on any atom is 0.246 e. The highest BCUT2D eigenvalue weighted by atomic mass is 32.1. The van der Waals surface area contributed by atoms with Crippen LogP contribution in [0.5, 0.6) is 0 Å². The quantitative estimate of drug-likeness (QED) is 0.649. The number of thiazole rings is 1. The van der Waals surface area contributed by atoms with E-state index in [2.05, 4.69) is 25.3 Å². The second-order valence-corrected chi connectivity index (χ2v) is 7.81. The zero-order valence-electron chi connectivity index (χ0n) is 16.2. The summed E-state index contributed by atoms with van der Waals surface area (Å²) in [4.78, 5) is 32.1. The van der Waals surface area contributed by atoms with Crippen LogP contribution in [0.1, 0.15) is 35.7 Å². The fourth-order valence-corrected chi connectivity index (χ4v) is 4.09. The van der Waals surface area contributed by atoms with Crippen LogP contribution in [0.4, 0.5) is 10.9 Å². The monoisotopic (exact) mass is 406 g/mol. The van der Waals surface area contributed by atoms with Crippen molar-refractivity contribution in [3.63, 3.8) is 0 Å². The summed E-state index contributed by atoms with van der Waals surface area (Å²) < 4.78 is 0. The van der Waals surface area contributed by atoms with E-state index in [0.717, 1.165) is 41.5 Å². The molecule has 148 valence electrons. The van der Waals surface area contributed by atoms with Crippen LogP contribution in [0, 0.1) is 6.92 Å². The van der Waals surface area contributed by atoms with Gasteiger partial charge in [-0.3, -0.25) is 14.8 Å². The lowest BCUT2D eigenvalue weighted by atomic mass is 9.94. The number of aryl methyl sites for hydroxylation is 1. The summed E-state index contributed by atoms with van der Waals surface area (Å²) in [6.45, 7) is 3.34. The van der Waals surface area contributed by atoms with E-state index in [1.165, 1.54) is 0 Å². The molecule has 0 aliphatic carbocycles. The summed E-state index contributed by atoms with van der Waals surface area (Å²) in [5.41, 5.74) is 2.76. The number of hydrogen-bond donors (Lipinski definition) is 1. The van der Waals surface area contributed by atoms with Gasteiger partial charge < -0.3 is 10.2 Å². The Morgan fingerprint density at radius 3 is 3.00 bits per heavy atom. The minimum Gasteiger partial charge on any atom is -0.338 e. The zero-order valence-corrected chi connectivity index (χ0v) is 17.0. The van der Waals surface area contributed by atoms with Crippen molar-refractivity contribution in [1.82, 2.24) is 24.8 Å². The van der Waals surface area contributed by atoms with Gasteiger partial charge in [0, 0.05) is 55.3 Å². The van der Waals surface area contributed by atoms with E-state index in [0.29, 0.717) is 12.4 Å². The number of piperidine rings is 1. The molecule has 0 saturated carbocycles. The summed E-state index contributed by atoms with van der Waals surface area (Å²) >= 11 is 1.54. The van der Waals surface area contributed by atoms with Crippen molar-refractivity contribution < 1.29 is 4.79 Å². The molecular weight excluding hydrogens is 384 g/mol. The molecule has 1 aliphatic heterocycles. The number of hydrogen-bond acceptors (Lipinski definition) is 7. The number of likely N-dealkylation sites (tertiary alicyclic amines) is 1. The number of amides is 1. The fraction of sp³-hybridized carbons (Fsp3) is 0.286. The Labute approximate surface area is 173 Å². The van der Waals surface area contributed by atoms with Gasteiger partial charge >= 0.3 is 0 Å².